The first-order chi connectivity index (χ1) is 7.31. The predicted octanol–water partition coefficient (Wildman–Crippen LogP) is 2.32. The Morgan fingerprint density at radius 3 is 2.67 bits per heavy atom. The average Bonchev–Trinajstić information content (AvgIpc) is 2.75. The Morgan fingerprint density at radius 1 is 1.27 bits per heavy atom. The molecule has 1 heterocycles. The third-order valence-electron chi connectivity index (χ3n) is 4.91. The van der Waals surface area contributed by atoms with Crippen molar-refractivity contribution in [2.45, 2.75) is 51.0 Å². The highest BCUT2D eigenvalue weighted by Crippen LogP contribution is 2.61. The number of rotatable bonds is 4. The van der Waals surface area contributed by atoms with Gasteiger partial charge in [0, 0.05) is 6.61 Å². The lowest BCUT2D eigenvalue weighted by molar-refractivity contribution is 0.0867. The quantitative estimate of drug-likeness (QED) is 0.771. The van der Waals surface area contributed by atoms with Crippen LogP contribution in [0.5, 0.6) is 0 Å². The van der Waals surface area contributed by atoms with Gasteiger partial charge in [0.1, 0.15) is 0 Å². The van der Waals surface area contributed by atoms with Gasteiger partial charge in [-0.15, -0.1) is 0 Å². The summed E-state index contributed by atoms with van der Waals surface area (Å²) in [6.07, 6.45) is 10.0. The summed E-state index contributed by atoms with van der Waals surface area (Å²) in [5, 5.41) is 0. The van der Waals surface area contributed by atoms with Crippen molar-refractivity contribution in [1.82, 2.24) is 0 Å². The summed E-state index contributed by atoms with van der Waals surface area (Å²) >= 11 is 0. The largest absolute Gasteiger partial charge is 0.378 e. The third kappa shape index (κ3) is 1.94. The second kappa shape index (κ2) is 3.74. The van der Waals surface area contributed by atoms with Gasteiger partial charge in [-0.1, -0.05) is 0 Å². The van der Waals surface area contributed by atoms with Gasteiger partial charge in [-0.05, 0) is 68.7 Å². The smallest absolute Gasteiger partial charge is 0.0576 e. The normalized spacial score (nSPS) is 48.2. The second-order valence-electron chi connectivity index (χ2n) is 6.04. The molecule has 0 amide bonds. The maximum atomic E-state index is 6.00. The molecular formula is C13H23NO. The summed E-state index contributed by atoms with van der Waals surface area (Å²) in [6, 6.07) is 0. The molecule has 0 aromatic heterocycles. The van der Waals surface area contributed by atoms with Crippen LogP contribution in [0, 0.1) is 17.3 Å². The highest BCUT2D eigenvalue weighted by atomic mass is 16.5. The van der Waals surface area contributed by atoms with Gasteiger partial charge in [0.2, 0.25) is 0 Å². The minimum absolute atomic E-state index is 0.513. The van der Waals surface area contributed by atoms with E-state index in [1.54, 1.807) is 0 Å². The Kier molecular flexibility index (Phi) is 2.52. The zero-order valence-corrected chi connectivity index (χ0v) is 9.58. The van der Waals surface area contributed by atoms with E-state index < -0.39 is 0 Å². The minimum atomic E-state index is 0.513. The Labute approximate surface area is 92.6 Å². The Morgan fingerprint density at radius 2 is 2.07 bits per heavy atom. The zero-order chi connectivity index (χ0) is 10.3. The fourth-order valence-corrected chi connectivity index (χ4v) is 3.82. The molecule has 2 N–H and O–H groups in total. The fraction of sp³-hybridized carbons (Fsp3) is 1.00. The number of hydrogen-bond acceptors (Lipinski definition) is 2. The molecule has 0 bridgehead atoms. The van der Waals surface area contributed by atoms with Crippen LogP contribution in [-0.4, -0.2) is 19.3 Å². The molecule has 15 heavy (non-hydrogen) atoms. The zero-order valence-electron chi connectivity index (χ0n) is 9.58. The van der Waals surface area contributed by atoms with Crippen molar-refractivity contribution in [2.75, 3.05) is 13.2 Å². The molecule has 0 radical (unpaired) electrons. The van der Waals surface area contributed by atoms with E-state index in [-0.39, 0.29) is 0 Å². The fourth-order valence-electron chi connectivity index (χ4n) is 3.82. The van der Waals surface area contributed by atoms with Crippen molar-refractivity contribution in [1.29, 1.82) is 0 Å². The predicted molar refractivity (Wildman–Crippen MR) is 60.5 cm³/mol. The first-order valence-electron chi connectivity index (χ1n) is 6.63. The molecule has 3 rings (SSSR count). The summed E-state index contributed by atoms with van der Waals surface area (Å²) in [5.74, 6) is 2.11. The number of nitrogens with two attached hydrogens (primary N) is 1. The van der Waals surface area contributed by atoms with Crippen LogP contribution in [-0.2, 0) is 4.74 Å². The van der Waals surface area contributed by atoms with E-state index in [2.05, 4.69) is 0 Å². The molecule has 1 saturated heterocycles. The van der Waals surface area contributed by atoms with Crippen LogP contribution in [0.25, 0.3) is 0 Å². The van der Waals surface area contributed by atoms with E-state index in [9.17, 15) is 0 Å². The van der Waals surface area contributed by atoms with Gasteiger partial charge < -0.3 is 10.5 Å². The number of fused-ring (bicyclic) bond motifs is 1. The lowest BCUT2D eigenvalue weighted by atomic mass is 9.78. The van der Waals surface area contributed by atoms with Gasteiger partial charge in [0.15, 0.2) is 0 Å². The van der Waals surface area contributed by atoms with E-state index in [1.165, 1.54) is 44.9 Å². The Bertz CT molecular complexity index is 225. The van der Waals surface area contributed by atoms with Gasteiger partial charge in [-0.2, -0.15) is 0 Å². The summed E-state index contributed by atoms with van der Waals surface area (Å²) in [4.78, 5) is 0. The molecule has 3 atom stereocenters. The molecule has 0 aromatic rings. The highest BCUT2D eigenvalue weighted by molar-refractivity contribution is 5.03. The molecule has 0 aromatic carbocycles. The van der Waals surface area contributed by atoms with Gasteiger partial charge in [0.05, 0.1) is 6.10 Å². The molecule has 3 fully saturated rings. The molecule has 0 spiro atoms. The van der Waals surface area contributed by atoms with Gasteiger partial charge in [0.25, 0.3) is 0 Å². The van der Waals surface area contributed by atoms with E-state index in [4.69, 9.17) is 10.5 Å². The maximum Gasteiger partial charge on any atom is 0.0576 e. The molecule has 3 unspecified atom stereocenters. The molecule has 2 heteroatoms. The van der Waals surface area contributed by atoms with E-state index in [0.717, 1.165) is 25.0 Å². The monoisotopic (exact) mass is 209 g/mol. The standard InChI is InChI=1S/C13H23NO/c14-9-13(7-10-6-11(10)8-13)4-3-12-2-1-5-15-12/h10-12H,1-9,14H2. The lowest BCUT2D eigenvalue weighted by Crippen LogP contribution is -2.30. The average molecular weight is 209 g/mol. The maximum absolute atomic E-state index is 6.00. The molecule has 2 saturated carbocycles. The van der Waals surface area contributed by atoms with E-state index in [1.807, 2.05) is 0 Å². The molecule has 2 nitrogen and oxygen atoms in total. The summed E-state index contributed by atoms with van der Waals surface area (Å²) in [5.41, 5.74) is 6.51. The summed E-state index contributed by atoms with van der Waals surface area (Å²) in [6.45, 7) is 1.90. The second-order valence-corrected chi connectivity index (χ2v) is 6.04. The third-order valence-corrected chi connectivity index (χ3v) is 4.91. The first-order valence-corrected chi connectivity index (χ1v) is 6.63. The van der Waals surface area contributed by atoms with Crippen LogP contribution < -0.4 is 5.73 Å². The van der Waals surface area contributed by atoms with Crippen LogP contribution in [0.1, 0.15) is 44.9 Å². The summed E-state index contributed by atoms with van der Waals surface area (Å²) in [7, 11) is 0. The Hall–Kier alpha value is -0.0800. The first kappa shape index (κ1) is 10.1. The van der Waals surface area contributed by atoms with Crippen LogP contribution in [0.3, 0.4) is 0 Å². The van der Waals surface area contributed by atoms with Crippen molar-refractivity contribution in [3.63, 3.8) is 0 Å². The van der Waals surface area contributed by atoms with E-state index in [0.29, 0.717) is 11.5 Å². The van der Waals surface area contributed by atoms with Gasteiger partial charge in [-0.3, -0.25) is 0 Å². The van der Waals surface area contributed by atoms with Crippen molar-refractivity contribution in [3.05, 3.63) is 0 Å². The number of ether oxygens (including phenoxy) is 1. The Balaban J connectivity index is 1.51. The molecule has 3 aliphatic rings. The summed E-state index contributed by atoms with van der Waals surface area (Å²) < 4.78 is 5.70. The van der Waals surface area contributed by atoms with Crippen molar-refractivity contribution in [3.8, 4) is 0 Å². The minimum Gasteiger partial charge on any atom is -0.378 e. The van der Waals surface area contributed by atoms with Crippen molar-refractivity contribution in [2.24, 2.45) is 23.0 Å². The van der Waals surface area contributed by atoms with Crippen LogP contribution in [0.15, 0.2) is 0 Å². The molecular weight excluding hydrogens is 186 g/mol. The topological polar surface area (TPSA) is 35.2 Å². The van der Waals surface area contributed by atoms with E-state index >= 15 is 0 Å². The molecule has 2 aliphatic carbocycles. The van der Waals surface area contributed by atoms with Crippen LogP contribution in [0.4, 0.5) is 0 Å². The molecule has 1 aliphatic heterocycles. The van der Waals surface area contributed by atoms with Crippen LogP contribution >= 0.6 is 0 Å². The highest BCUT2D eigenvalue weighted by Gasteiger charge is 2.52. The van der Waals surface area contributed by atoms with Crippen LogP contribution in [0.2, 0.25) is 0 Å². The van der Waals surface area contributed by atoms with Crippen molar-refractivity contribution < 1.29 is 4.74 Å². The lowest BCUT2D eigenvalue weighted by Gasteiger charge is -2.30. The number of hydrogen-bond donors (Lipinski definition) is 1. The van der Waals surface area contributed by atoms with Crippen molar-refractivity contribution >= 4 is 0 Å². The SMILES string of the molecule is NCC1(CCC2CCCO2)CC2CC2C1. The van der Waals surface area contributed by atoms with Gasteiger partial charge >= 0.3 is 0 Å². The molecule has 86 valence electrons. The van der Waals surface area contributed by atoms with Gasteiger partial charge in [-0.25, -0.2) is 0 Å².